The van der Waals surface area contributed by atoms with Gasteiger partial charge in [0, 0.05) is 12.1 Å². The van der Waals surface area contributed by atoms with E-state index < -0.39 is 0 Å². The summed E-state index contributed by atoms with van der Waals surface area (Å²) < 4.78 is 0. The van der Waals surface area contributed by atoms with Gasteiger partial charge < -0.3 is 5.73 Å². The molecular weight excluding hydrogens is 368 g/mol. The summed E-state index contributed by atoms with van der Waals surface area (Å²) in [6.07, 6.45) is 7.55. The van der Waals surface area contributed by atoms with E-state index in [4.69, 9.17) is 5.73 Å². The largest absolute Gasteiger partial charge is 0.325 e. The van der Waals surface area contributed by atoms with Crippen molar-refractivity contribution in [2.24, 2.45) is 17.6 Å². The maximum atomic E-state index is 5.99. The normalized spacial score (nSPS) is 13.9. The minimum atomic E-state index is 0.403. The topological polar surface area (TPSA) is 67.6 Å². The molecule has 0 aliphatic heterocycles. The lowest BCUT2D eigenvalue weighted by Crippen LogP contribution is -2.09. The maximum absolute atomic E-state index is 5.99. The van der Waals surface area contributed by atoms with Crippen molar-refractivity contribution in [3.05, 3.63) is 34.5 Å². The molecular formula is C26H44N4. The summed E-state index contributed by atoms with van der Waals surface area (Å²) in [6, 6.07) is 4.64. The molecule has 3 N–H and O–H groups in total. The second-order valence-electron chi connectivity index (χ2n) is 10.0. The van der Waals surface area contributed by atoms with Crippen molar-refractivity contribution in [2.75, 3.05) is 0 Å². The Balaban J connectivity index is 2.46. The van der Waals surface area contributed by atoms with E-state index >= 15 is 0 Å². The molecule has 2 atom stereocenters. The van der Waals surface area contributed by atoms with Crippen LogP contribution in [0.5, 0.6) is 0 Å². The lowest BCUT2D eigenvalue weighted by atomic mass is 9.79. The lowest BCUT2D eigenvalue weighted by molar-refractivity contribution is 0.500. The fourth-order valence-corrected chi connectivity index (χ4v) is 4.58. The van der Waals surface area contributed by atoms with Crippen molar-refractivity contribution in [1.29, 1.82) is 0 Å². The molecule has 0 radical (unpaired) electrons. The fourth-order valence-electron chi connectivity index (χ4n) is 4.58. The first-order valence-corrected chi connectivity index (χ1v) is 12.0. The molecule has 0 aliphatic rings. The van der Waals surface area contributed by atoms with E-state index in [1.54, 1.807) is 0 Å². The number of aryl methyl sites for hydroxylation is 1. The number of H-pyrrole nitrogens is 1. The van der Waals surface area contributed by atoms with E-state index in [0.29, 0.717) is 18.4 Å². The van der Waals surface area contributed by atoms with E-state index in [0.717, 1.165) is 23.2 Å². The van der Waals surface area contributed by atoms with Gasteiger partial charge in [0.1, 0.15) is 11.4 Å². The Labute approximate surface area is 184 Å². The first-order chi connectivity index (χ1) is 14.3. The fraction of sp³-hybridized carbons (Fsp3) is 0.692. The highest BCUT2D eigenvalue weighted by Crippen LogP contribution is 2.41. The first-order valence-electron chi connectivity index (χ1n) is 12.0. The summed E-state index contributed by atoms with van der Waals surface area (Å²) in [5.41, 5.74) is 13.3. The molecule has 2 aromatic rings. The predicted molar refractivity (Wildman–Crippen MR) is 129 cm³/mol. The van der Waals surface area contributed by atoms with E-state index in [1.165, 1.54) is 60.8 Å². The molecule has 0 fully saturated rings. The van der Waals surface area contributed by atoms with Crippen LogP contribution in [-0.4, -0.2) is 15.4 Å². The Morgan fingerprint density at radius 1 is 0.833 bits per heavy atom. The Bertz CT molecular complexity index is 775. The average molecular weight is 413 g/mol. The van der Waals surface area contributed by atoms with Gasteiger partial charge in [-0.2, -0.15) is 15.4 Å². The highest BCUT2D eigenvalue weighted by molar-refractivity contribution is 5.72. The van der Waals surface area contributed by atoms with Crippen molar-refractivity contribution in [2.45, 2.75) is 105 Å². The van der Waals surface area contributed by atoms with Crippen LogP contribution in [0, 0.1) is 18.8 Å². The molecule has 4 nitrogen and oxygen atoms in total. The summed E-state index contributed by atoms with van der Waals surface area (Å²) in [7, 11) is 0. The first kappa shape index (κ1) is 24.6. The number of nitrogens with one attached hydrogen (secondary N) is 1. The molecule has 0 amide bonds. The molecule has 0 saturated carbocycles. The highest BCUT2D eigenvalue weighted by Gasteiger charge is 2.24. The number of nitrogens with two attached hydrogens (primary N) is 1. The van der Waals surface area contributed by atoms with Crippen molar-refractivity contribution >= 4 is 0 Å². The summed E-state index contributed by atoms with van der Waals surface area (Å²) in [6.45, 7) is 16.6. The number of hydrogen-bond acceptors (Lipinski definition) is 3. The summed E-state index contributed by atoms with van der Waals surface area (Å²) >= 11 is 0. The monoisotopic (exact) mass is 412 g/mol. The van der Waals surface area contributed by atoms with Crippen LogP contribution in [0.4, 0.5) is 0 Å². The summed E-state index contributed by atoms with van der Waals surface area (Å²) in [4.78, 5) is 0. The Morgan fingerprint density at radius 3 is 2.00 bits per heavy atom. The van der Waals surface area contributed by atoms with Gasteiger partial charge >= 0.3 is 0 Å². The van der Waals surface area contributed by atoms with Crippen LogP contribution in [-0.2, 0) is 6.54 Å². The van der Waals surface area contributed by atoms with Crippen LogP contribution in [0.25, 0.3) is 11.3 Å². The number of rotatable bonds is 12. The maximum Gasteiger partial charge on any atom is 0.117 e. The SMILES string of the molecule is Cc1ccc(C(C)CCCC(C)C)c(C(C)CCCC(C)C)c1-c1n[nH]nc1CN. The van der Waals surface area contributed by atoms with Gasteiger partial charge in [0.15, 0.2) is 0 Å². The smallest absolute Gasteiger partial charge is 0.117 e. The van der Waals surface area contributed by atoms with Gasteiger partial charge in [-0.3, -0.25) is 0 Å². The van der Waals surface area contributed by atoms with E-state index in [2.05, 4.69) is 76.0 Å². The second-order valence-corrected chi connectivity index (χ2v) is 10.0. The summed E-state index contributed by atoms with van der Waals surface area (Å²) in [5, 5.41) is 11.7. The Hall–Kier alpha value is -1.68. The molecule has 30 heavy (non-hydrogen) atoms. The molecule has 2 rings (SSSR count). The van der Waals surface area contributed by atoms with Gasteiger partial charge in [-0.1, -0.05) is 79.4 Å². The van der Waals surface area contributed by atoms with Gasteiger partial charge in [0.25, 0.3) is 0 Å². The molecule has 4 heteroatoms. The molecule has 0 aliphatic carbocycles. The van der Waals surface area contributed by atoms with Crippen LogP contribution in [0.3, 0.4) is 0 Å². The standard InChI is InChI=1S/C26H44N4/c1-17(2)10-8-12-19(5)22-15-14-21(7)25(26-23(16-27)28-30-29-26)24(22)20(6)13-9-11-18(3)4/h14-15,17-20H,8-13,16,27H2,1-7H3,(H,28,29,30). The molecule has 2 unspecified atom stereocenters. The van der Waals surface area contributed by atoms with Crippen molar-refractivity contribution in [3.63, 3.8) is 0 Å². The van der Waals surface area contributed by atoms with Gasteiger partial charge in [0.05, 0.1) is 0 Å². The van der Waals surface area contributed by atoms with E-state index in [1.807, 2.05) is 0 Å². The Morgan fingerprint density at radius 2 is 1.43 bits per heavy atom. The molecule has 1 heterocycles. The van der Waals surface area contributed by atoms with Crippen molar-refractivity contribution in [3.8, 4) is 11.3 Å². The molecule has 0 spiro atoms. The molecule has 0 bridgehead atoms. The highest BCUT2D eigenvalue weighted by atomic mass is 15.3. The van der Waals surface area contributed by atoms with Crippen LogP contribution >= 0.6 is 0 Å². The van der Waals surface area contributed by atoms with Crippen molar-refractivity contribution in [1.82, 2.24) is 15.4 Å². The quantitative estimate of drug-likeness (QED) is 0.391. The zero-order valence-electron chi connectivity index (χ0n) is 20.4. The minimum absolute atomic E-state index is 0.403. The number of aromatic nitrogens is 3. The third kappa shape index (κ3) is 6.41. The van der Waals surface area contributed by atoms with Crippen molar-refractivity contribution < 1.29 is 0 Å². The van der Waals surface area contributed by atoms with E-state index in [-0.39, 0.29) is 0 Å². The van der Waals surface area contributed by atoms with Crippen LogP contribution in [0.2, 0.25) is 0 Å². The predicted octanol–water partition coefficient (Wildman–Crippen LogP) is 7.10. The zero-order chi connectivity index (χ0) is 22.3. The minimum Gasteiger partial charge on any atom is -0.325 e. The average Bonchev–Trinajstić information content (AvgIpc) is 3.15. The molecule has 1 aromatic heterocycles. The van der Waals surface area contributed by atoms with Gasteiger partial charge in [-0.15, -0.1) is 0 Å². The Kier molecular flexibility index (Phi) is 9.54. The zero-order valence-corrected chi connectivity index (χ0v) is 20.4. The summed E-state index contributed by atoms with van der Waals surface area (Å²) in [5.74, 6) is 2.55. The van der Waals surface area contributed by atoms with Crippen LogP contribution in [0.1, 0.15) is 114 Å². The number of benzene rings is 1. The molecule has 1 aromatic carbocycles. The van der Waals surface area contributed by atoms with E-state index in [9.17, 15) is 0 Å². The third-order valence-electron chi connectivity index (χ3n) is 6.40. The van der Waals surface area contributed by atoms with Gasteiger partial charge in [-0.05, 0) is 60.1 Å². The van der Waals surface area contributed by atoms with Crippen LogP contribution in [0.15, 0.2) is 12.1 Å². The van der Waals surface area contributed by atoms with Gasteiger partial charge in [0.2, 0.25) is 0 Å². The number of nitrogens with zero attached hydrogens (tertiary/aromatic N) is 2. The van der Waals surface area contributed by atoms with Gasteiger partial charge in [-0.25, -0.2) is 0 Å². The third-order valence-corrected chi connectivity index (χ3v) is 6.40. The number of aromatic amines is 1. The lowest BCUT2D eigenvalue weighted by Gasteiger charge is -2.26. The number of hydrogen-bond donors (Lipinski definition) is 2. The van der Waals surface area contributed by atoms with Crippen LogP contribution < -0.4 is 5.73 Å². The molecule has 168 valence electrons. The molecule has 0 saturated heterocycles. The second kappa shape index (κ2) is 11.6.